The van der Waals surface area contributed by atoms with Crippen LogP contribution in [0, 0.1) is 17.5 Å². The molecule has 1 nitrogen and oxygen atoms in total. The predicted octanol–water partition coefficient (Wildman–Crippen LogP) is 4.13. The first-order valence-corrected chi connectivity index (χ1v) is 6.52. The largest absolute Gasteiger partial charge is 0.324 e. The number of aryl methyl sites for hydroxylation is 1. The Hall–Kier alpha value is -1.81. The summed E-state index contributed by atoms with van der Waals surface area (Å²) in [5.41, 5.74) is 6.72. The zero-order chi connectivity index (χ0) is 14.5. The summed E-state index contributed by atoms with van der Waals surface area (Å²) in [6, 6.07) is 10.3. The maximum atomic E-state index is 13.6. The van der Waals surface area contributed by atoms with Crippen LogP contribution in [0.3, 0.4) is 0 Å². The van der Waals surface area contributed by atoms with E-state index in [4.69, 9.17) is 5.73 Å². The van der Waals surface area contributed by atoms with Crippen molar-refractivity contribution in [1.29, 1.82) is 0 Å². The molecule has 0 aromatic heterocycles. The molecule has 0 aliphatic heterocycles. The van der Waals surface area contributed by atoms with Crippen LogP contribution in [0.25, 0.3) is 0 Å². The average Bonchev–Trinajstić information content (AvgIpc) is 2.38. The Morgan fingerprint density at radius 3 is 2.15 bits per heavy atom. The topological polar surface area (TPSA) is 26.0 Å². The highest BCUT2D eigenvalue weighted by Crippen LogP contribution is 2.24. The molecule has 2 aromatic carbocycles. The van der Waals surface area contributed by atoms with Gasteiger partial charge in [-0.05, 0) is 24.8 Å². The van der Waals surface area contributed by atoms with Gasteiger partial charge in [0.05, 0.1) is 0 Å². The van der Waals surface area contributed by atoms with E-state index in [2.05, 4.69) is 0 Å². The number of halogens is 3. The maximum Gasteiger partial charge on any atom is 0.133 e. The predicted molar refractivity (Wildman–Crippen MR) is 72.6 cm³/mol. The van der Waals surface area contributed by atoms with Crippen molar-refractivity contribution in [1.82, 2.24) is 0 Å². The SMILES string of the molecule is NC(CCCc1ccccc1)c1c(F)cc(F)cc1F. The third-order valence-corrected chi connectivity index (χ3v) is 3.24. The molecule has 106 valence electrons. The Labute approximate surface area is 116 Å². The number of rotatable bonds is 5. The summed E-state index contributed by atoms with van der Waals surface area (Å²) in [7, 11) is 0. The highest BCUT2D eigenvalue weighted by Gasteiger charge is 2.17. The van der Waals surface area contributed by atoms with E-state index in [1.165, 1.54) is 0 Å². The molecule has 1 atom stereocenters. The second-order valence-electron chi connectivity index (χ2n) is 4.77. The van der Waals surface area contributed by atoms with Crippen LogP contribution in [0.15, 0.2) is 42.5 Å². The molecule has 1 unspecified atom stereocenters. The molecule has 0 radical (unpaired) electrons. The molecule has 0 spiro atoms. The summed E-state index contributed by atoms with van der Waals surface area (Å²) < 4.78 is 39.9. The molecule has 4 heteroatoms. The van der Waals surface area contributed by atoms with E-state index in [1.807, 2.05) is 30.3 Å². The van der Waals surface area contributed by atoms with Crippen LogP contribution < -0.4 is 5.73 Å². The summed E-state index contributed by atoms with van der Waals surface area (Å²) in [6.07, 6.45) is 1.94. The first-order chi connectivity index (χ1) is 9.58. The molecular formula is C16H16F3N. The molecule has 0 saturated heterocycles. The fraction of sp³-hybridized carbons (Fsp3) is 0.250. The van der Waals surface area contributed by atoms with E-state index in [1.54, 1.807) is 0 Å². The highest BCUT2D eigenvalue weighted by molar-refractivity contribution is 5.24. The molecule has 20 heavy (non-hydrogen) atoms. The van der Waals surface area contributed by atoms with Crippen molar-refractivity contribution in [2.24, 2.45) is 5.73 Å². The van der Waals surface area contributed by atoms with Crippen LogP contribution in [0.4, 0.5) is 13.2 Å². The lowest BCUT2D eigenvalue weighted by molar-refractivity contribution is 0.487. The Kier molecular flexibility index (Phi) is 4.79. The molecule has 0 bridgehead atoms. The van der Waals surface area contributed by atoms with E-state index in [0.29, 0.717) is 25.0 Å². The third-order valence-electron chi connectivity index (χ3n) is 3.24. The zero-order valence-electron chi connectivity index (χ0n) is 11.0. The van der Waals surface area contributed by atoms with Crippen molar-refractivity contribution >= 4 is 0 Å². The van der Waals surface area contributed by atoms with Gasteiger partial charge >= 0.3 is 0 Å². The van der Waals surface area contributed by atoms with Crippen LogP contribution in [-0.2, 0) is 6.42 Å². The van der Waals surface area contributed by atoms with Gasteiger partial charge in [-0.2, -0.15) is 0 Å². The van der Waals surface area contributed by atoms with E-state index >= 15 is 0 Å². The lowest BCUT2D eigenvalue weighted by Gasteiger charge is -2.14. The van der Waals surface area contributed by atoms with E-state index in [9.17, 15) is 13.2 Å². The summed E-state index contributed by atoms with van der Waals surface area (Å²) >= 11 is 0. The van der Waals surface area contributed by atoms with Crippen LogP contribution >= 0.6 is 0 Å². The smallest absolute Gasteiger partial charge is 0.133 e. The molecule has 2 aromatic rings. The fourth-order valence-corrected chi connectivity index (χ4v) is 2.22. The summed E-state index contributed by atoms with van der Waals surface area (Å²) in [5.74, 6) is -2.77. The van der Waals surface area contributed by atoms with Gasteiger partial charge in [-0.1, -0.05) is 30.3 Å². The third kappa shape index (κ3) is 3.61. The van der Waals surface area contributed by atoms with E-state index in [0.717, 1.165) is 12.0 Å². The van der Waals surface area contributed by atoms with Crippen molar-refractivity contribution in [2.75, 3.05) is 0 Å². The van der Waals surface area contributed by atoms with Crippen LogP contribution in [-0.4, -0.2) is 0 Å². The minimum absolute atomic E-state index is 0.237. The molecule has 0 saturated carbocycles. The summed E-state index contributed by atoms with van der Waals surface area (Å²) in [5, 5.41) is 0. The van der Waals surface area contributed by atoms with Gasteiger partial charge in [0.1, 0.15) is 17.5 Å². The number of hydrogen-bond donors (Lipinski definition) is 1. The monoisotopic (exact) mass is 279 g/mol. The standard InChI is InChI=1S/C16H16F3N/c17-12-9-13(18)16(14(19)10-12)15(20)8-4-7-11-5-2-1-3-6-11/h1-3,5-6,9-10,15H,4,7-8,20H2. The Bertz CT molecular complexity index is 546. The minimum Gasteiger partial charge on any atom is -0.324 e. The molecular weight excluding hydrogens is 263 g/mol. The van der Waals surface area contributed by atoms with Crippen LogP contribution in [0.1, 0.15) is 30.0 Å². The van der Waals surface area contributed by atoms with Crippen LogP contribution in [0.2, 0.25) is 0 Å². The molecule has 0 amide bonds. The number of benzene rings is 2. The van der Waals surface area contributed by atoms with Gasteiger partial charge in [0.2, 0.25) is 0 Å². The lowest BCUT2D eigenvalue weighted by Crippen LogP contribution is -2.15. The van der Waals surface area contributed by atoms with Gasteiger partial charge in [0, 0.05) is 23.7 Å². The first-order valence-electron chi connectivity index (χ1n) is 6.52. The van der Waals surface area contributed by atoms with Crippen LogP contribution in [0.5, 0.6) is 0 Å². The summed E-state index contributed by atoms with van der Waals surface area (Å²) in [6.45, 7) is 0. The molecule has 0 fully saturated rings. The van der Waals surface area contributed by atoms with Crippen molar-refractivity contribution in [3.63, 3.8) is 0 Å². The van der Waals surface area contributed by atoms with Crippen molar-refractivity contribution < 1.29 is 13.2 Å². The normalized spacial score (nSPS) is 12.4. The van der Waals surface area contributed by atoms with Crippen molar-refractivity contribution in [2.45, 2.75) is 25.3 Å². The van der Waals surface area contributed by atoms with E-state index in [-0.39, 0.29) is 5.56 Å². The average molecular weight is 279 g/mol. The van der Waals surface area contributed by atoms with E-state index < -0.39 is 23.5 Å². The maximum absolute atomic E-state index is 13.6. The summed E-state index contributed by atoms with van der Waals surface area (Å²) in [4.78, 5) is 0. The molecule has 0 aliphatic carbocycles. The Morgan fingerprint density at radius 1 is 0.950 bits per heavy atom. The van der Waals surface area contributed by atoms with Gasteiger partial charge in [-0.15, -0.1) is 0 Å². The number of nitrogens with two attached hydrogens (primary N) is 1. The zero-order valence-corrected chi connectivity index (χ0v) is 11.0. The molecule has 2 N–H and O–H groups in total. The highest BCUT2D eigenvalue weighted by atomic mass is 19.1. The van der Waals surface area contributed by atoms with Crippen molar-refractivity contribution in [3.05, 3.63) is 71.0 Å². The van der Waals surface area contributed by atoms with Gasteiger partial charge in [0.25, 0.3) is 0 Å². The van der Waals surface area contributed by atoms with Gasteiger partial charge < -0.3 is 5.73 Å². The Morgan fingerprint density at radius 2 is 1.55 bits per heavy atom. The number of hydrogen-bond acceptors (Lipinski definition) is 1. The van der Waals surface area contributed by atoms with Gasteiger partial charge in [0.15, 0.2) is 0 Å². The second kappa shape index (κ2) is 6.57. The lowest BCUT2D eigenvalue weighted by atomic mass is 9.99. The van der Waals surface area contributed by atoms with Gasteiger partial charge in [-0.3, -0.25) is 0 Å². The molecule has 0 aliphatic rings. The molecule has 0 heterocycles. The van der Waals surface area contributed by atoms with Crippen molar-refractivity contribution in [3.8, 4) is 0 Å². The molecule has 2 rings (SSSR count). The second-order valence-corrected chi connectivity index (χ2v) is 4.77. The fourth-order valence-electron chi connectivity index (χ4n) is 2.22. The minimum atomic E-state index is -0.930. The first kappa shape index (κ1) is 14.6. The quantitative estimate of drug-likeness (QED) is 0.875. The van der Waals surface area contributed by atoms with Gasteiger partial charge in [-0.25, -0.2) is 13.2 Å². The Balaban J connectivity index is 1.97.